The summed E-state index contributed by atoms with van der Waals surface area (Å²) < 4.78 is 55.1. The van der Waals surface area contributed by atoms with Gasteiger partial charge in [-0.05, 0) is 0 Å². The number of benzene rings is 1. The number of carbonyl (C=O) groups excluding carboxylic acids is 2. The molecular weight excluding hydrogens is 702 g/mol. The Morgan fingerprint density at radius 1 is 1.29 bits per heavy atom. The van der Waals surface area contributed by atoms with Crippen molar-refractivity contribution in [3.63, 3.8) is 0 Å². The molecule has 2 aromatic rings. The molecule has 0 spiro atoms. The number of methoxy groups -OCH3 is 1. The molecule has 13 heteroatoms. The van der Waals surface area contributed by atoms with Crippen LogP contribution in [0, 0.1) is 24.4 Å². The van der Waals surface area contributed by atoms with E-state index in [1.807, 2.05) is 6.92 Å². The second-order valence-corrected chi connectivity index (χ2v) is 10.7. The van der Waals surface area contributed by atoms with Gasteiger partial charge in [0.05, 0.1) is 0 Å². The zero-order valence-corrected chi connectivity index (χ0v) is 25.1. The number of halogens is 3. The zero-order valence-electron chi connectivity index (χ0n) is 21.2. The van der Waals surface area contributed by atoms with Crippen molar-refractivity contribution in [1.82, 2.24) is 14.8 Å². The standard InChI is InChI=1S/C25H29F3N3O6.Pb/c1-13-5-6-22(37-15(3)36-4)21(11-30(13)12-32)31-10-18(24(34)23(33)14(31)2)25(35)29-9-17-19(27)7-16(26)8-20(17)28;/h7-8,10,12-13,15,21-22,33H,3,5-6,9,11H2,1-2,4H3,(H,29,35);. The van der Waals surface area contributed by atoms with Crippen molar-refractivity contribution >= 4 is 38.1 Å². The third-order valence-corrected chi connectivity index (χ3v) is 8.04. The quantitative estimate of drug-likeness (QED) is 0.233. The van der Waals surface area contributed by atoms with Crippen molar-refractivity contribution in [1.29, 1.82) is 0 Å². The summed E-state index contributed by atoms with van der Waals surface area (Å²) in [7, 11) is 1.53. The first-order chi connectivity index (χ1) is 18.0. The monoisotopic (exact) mass is 732 g/mol. The fourth-order valence-corrected chi connectivity index (χ4v) is 5.47. The van der Waals surface area contributed by atoms with Gasteiger partial charge in [-0.3, -0.25) is 0 Å². The molecule has 1 aromatic carbocycles. The van der Waals surface area contributed by atoms with Crippen LogP contribution in [-0.4, -0.2) is 84.7 Å². The minimum atomic E-state index is -1.19. The number of hydrogen-bond donors (Lipinski definition) is 2. The summed E-state index contributed by atoms with van der Waals surface area (Å²) in [5.41, 5.74) is -1.88. The Morgan fingerprint density at radius 3 is 2.53 bits per heavy atom. The van der Waals surface area contributed by atoms with Crippen LogP contribution in [0.25, 0.3) is 0 Å². The Hall–Kier alpha value is -2.46. The molecule has 4 unspecified atom stereocenters. The number of amides is 2. The minimum absolute atomic E-state index is 0.0999. The van der Waals surface area contributed by atoms with Crippen LogP contribution in [0.4, 0.5) is 13.2 Å². The SMILES string of the molecule is COC([CH2][Pb])OC1CCC(C)N(C=O)CC1n1cc(C(=O)NCc2c(F)cc(F)cc2F)c(=O)c(O)c1C. The van der Waals surface area contributed by atoms with E-state index in [1.54, 1.807) is 4.90 Å². The number of likely N-dealkylation sites (tertiary alicyclic amines) is 1. The summed E-state index contributed by atoms with van der Waals surface area (Å²) >= 11 is 0.814. The fraction of sp³-hybridized carbons (Fsp3) is 0.480. The normalized spacial score (nSPS) is 20.6. The average Bonchev–Trinajstić information content (AvgIpc) is 3.03. The molecule has 38 heavy (non-hydrogen) atoms. The molecule has 2 amide bonds. The van der Waals surface area contributed by atoms with E-state index in [0.29, 0.717) is 29.0 Å². The van der Waals surface area contributed by atoms with Crippen LogP contribution in [0.1, 0.15) is 47.4 Å². The van der Waals surface area contributed by atoms with Gasteiger partial charge in [0, 0.05) is 12.1 Å². The zero-order chi connectivity index (χ0) is 28.1. The summed E-state index contributed by atoms with van der Waals surface area (Å²) in [5, 5.41) is 12.9. The fourth-order valence-electron chi connectivity index (χ4n) is 4.45. The molecule has 3 radical (unpaired) electrons. The van der Waals surface area contributed by atoms with E-state index < -0.39 is 70.6 Å². The summed E-state index contributed by atoms with van der Waals surface area (Å²) in [6.45, 7) is 2.91. The summed E-state index contributed by atoms with van der Waals surface area (Å²) in [5.74, 6) is -5.18. The molecular formula is C25H29F3N3O6Pb. The maximum absolute atomic E-state index is 14.0. The number of nitrogens with one attached hydrogen (secondary N) is 1. The van der Waals surface area contributed by atoms with Gasteiger partial charge in [-0.15, -0.1) is 0 Å². The van der Waals surface area contributed by atoms with Gasteiger partial charge in [0.2, 0.25) is 0 Å². The summed E-state index contributed by atoms with van der Waals surface area (Å²) in [6, 6.07) is 0.263. The molecule has 4 atom stereocenters. The number of pyridine rings is 1. The molecule has 0 saturated carbocycles. The molecule has 1 saturated heterocycles. The number of carbonyl (C=O) groups is 2. The maximum atomic E-state index is 14.0. The van der Waals surface area contributed by atoms with Crippen LogP contribution < -0.4 is 10.7 Å². The van der Waals surface area contributed by atoms with Crippen LogP contribution >= 0.6 is 0 Å². The predicted molar refractivity (Wildman–Crippen MR) is 131 cm³/mol. The van der Waals surface area contributed by atoms with E-state index in [0.717, 1.165) is 32.2 Å². The van der Waals surface area contributed by atoms with E-state index >= 15 is 0 Å². The molecule has 1 fully saturated rings. The molecule has 1 aliphatic rings. The second-order valence-electron chi connectivity index (χ2n) is 9.08. The molecule has 3 rings (SSSR count). The van der Waals surface area contributed by atoms with Crippen molar-refractivity contribution in [2.24, 2.45) is 0 Å². The Morgan fingerprint density at radius 2 is 1.95 bits per heavy atom. The molecule has 9 nitrogen and oxygen atoms in total. The van der Waals surface area contributed by atoms with E-state index in [4.69, 9.17) is 9.47 Å². The topological polar surface area (TPSA) is 110 Å². The van der Waals surface area contributed by atoms with Gasteiger partial charge in [0.15, 0.2) is 0 Å². The number of rotatable bonds is 9. The first-order valence-electron chi connectivity index (χ1n) is 11.9. The molecule has 1 aromatic heterocycles. The van der Waals surface area contributed by atoms with E-state index in [-0.39, 0.29) is 18.3 Å². The van der Waals surface area contributed by atoms with Gasteiger partial charge in [-0.2, -0.15) is 0 Å². The summed E-state index contributed by atoms with van der Waals surface area (Å²) in [4.78, 5) is 39.2. The van der Waals surface area contributed by atoms with Crippen LogP contribution in [0.5, 0.6) is 5.75 Å². The molecule has 2 N–H and O–H groups in total. The van der Waals surface area contributed by atoms with Crippen molar-refractivity contribution in [3.8, 4) is 5.75 Å². The molecule has 0 aliphatic carbocycles. The number of nitrogens with zero attached hydrogens (tertiary/aromatic N) is 2. The number of ether oxygens (including phenoxy) is 2. The van der Waals surface area contributed by atoms with Crippen LogP contribution in [0.15, 0.2) is 23.1 Å². The van der Waals surface area contributed by atoms with E-state index in [2.05, 4.69) is 5.32 Å². The van der Waals surface area contributed by atoms with Crippen molar-refractivity contribution in [2.75, 3.05) is 13.7 Å². The first kappa shape index (κ1) is 30.1. The van der Waals surface area contributed by atoms with Gasteiger partial charge in [-0.1, -0.05) is 0 Å². The third-order valence-electron chi connectivity index (χ3n) is 6.75. The van der Waals surface area contributed by atoms with Gasteiger partial charge in [0.25, 0.3) is 0 Å². The van der Waals surface area contributed by atoms with Crippen molar-refractivity contribution in [3.05, 3.63) is 62.8 Å². The number of hydrogen-bond acceptors (Lipinski definition) is 6. The van der Waals surface area contributed by atoms with Crippen LogP contribution in [0.2, 0.25) is 3.98 Å². The number of aromatic nitrogens is 1. The Labute approximate surface area is 233 Å². The van der Waals surface area contributed by atoms with E-state index in [9.17, 15) is 32.7 Å². The molecule has 0 bridgehead atoms. The van der Waals surface area contributed by atoms with Gasteiger partial charge >= 0.3 is 191 Å². The predicted octanol–water partition coefficient (Wildman–Crippen LogP) is 2.34. The Kier molecular flexibility index (Phi) is 10.3. The average molecular weight is 732 g/mol. The van der Waals surface area contributed by atoms with Crippen LogP contribution in [-0.2, 0) is 20.8 Å². The summed E-state index contributed by atoms with van der Waals surface area (Å²) in [6.07, 6.45) is 2.16. The van der Waals surface area contributed by atoms with Crippen molar-refractivity contribution < 1.29 is 37.3 Å². The van der Waals surface area contributed by atoms with Crippen LogP contribution in [0.3, 0.4) is 0 Å². The van der Waals surface area contributed by atoms with Gasteiger partial charge in [-0.25, -0.2) is 13.2 Å². The Balaban J connectivity index is 2.01. The molecule has 205 valence electrons. The third kappa shape index (κ3) is 6.57. The molecule has 2 heterocycles. The van der Waals surface area contributed by atoms with E-state index in [1.165, 1.54) is 24.8 Å². The van der Waals surface area contributed by atoms with Gasteiger partial charge < -0.3 is 0 Å². The van der Waals surface area contributed by atoms with Crippen molar-refractivity contribution in [2.45, 2.75) is 61.7 Å². The number of aromatic hydroxyl groups is 1. The molecule has 1 aliphatic heterocycles. The van der Waals surface area contributed by atoms with Gasteiger partial charge in [0.1, 0.15) is 17.5 Å². The second kappa shape index (κ2) is 13.1. The first-order valence-corrected chi connectivity index (χ1v) is 14.7. The Bertz CT molecular complexity index is 1220.